The van der Waals surface area contributed by atoms with Crippen LogP contribution in [0.25, 0.3) is 11.1 Å². The molecule has 0 N–H and O–H groups in total. The molecule has 0 heterocycles. The molecule has 0 saturated carbocycles. The van der Waals surface area contributed by atoms with Gasteiger partial charge >= 0.3 is 0 Å². The van der Waals surface area contributed by atoms with E-state index < -0.39 is 6.10 Å². The Morgan fingerprint density at radius 1 is 1.00 bits per heavy atom. The van der Waals surface area contributed by atoms with Crippen LogP contribution in [-0.2, 0) is 0 Å². The Labute approximate surface area is 101 Å². The zero-order valence-corrected chi connectivity index (χ0v) is 9.63. The normalized spacial score (nSPS) is 11.5. The van der Waals surface area contributed by atoms with Gasteiger partial charge < -0.3 is 4.74 Å². The lowest BCUT2D eigenvalue weighted by atomic mass is 10.0. The van der Waals surface area contributed by atoms with E-state index in [0.29, 0.717) is 0 Å². The number of para-hydroxylation sites is 1. The standard InChI is InChI=1S/C15H13NO/c1-12(11-16)17-15-10-6-5-9-14(15)13-7-3-2-4-8-13/h2-10,12H,1H3/t12-/m0/s1. The molecule has 0 unspecified atom stereocenters. The van der Waals surface area contributed by atoms with Gasteiger partial charge in [0.25, 0.3) is 0 Å². The van der Waals surface area contributed by atoms with Crippen molar-refractivity contribution in [2.24, 2.45) is 0 Å². The topological polar surface area (TPSA) is 33.0 Å². The lowest BCUT2D eigenvalue weighted by Crippen LogP contribution is -2.08. The number of ether oxygens (including phenoxy) is 1. The van der Waals surface area contributed by atoms with Crippen LogP contribution in [0, 0.1) is 11.3 Å². The third-order valence-electron chi connectivity index (χ3n) is 2.46. The summed E-state index contributed by atoms with van der Waals surface area (Å²) < 4.78 is 5.59. The van der Waals surface area contributed by atoms with Crippen LogP contribution in [0.1, 0.15) is 6.92 Å². The van der Waals surface area contributed by atoms with Crippen molar-refractivity contribution in [3.8, 4) is 22.9 Å². The monoisotopic (exact) mass is 223 g/mol. The second-order valence-corrected chi connectivity index (χ2v) is 3.75. The summed E-state index contributed by atoms with van der Waals surface area (Å²) in [4.78, 5) is 0. The highest BCUT2D eigenvalue weighted by molar-refractivity contribution is 5.70. The number of nitriles is 1. The molecular weight excluding hydrogens is 210 g/mol. The molecule has 2 aromatic carbocycles. The maximum atomic E-state index is 8.78. The summed E-state index contributed by atoms with van der Waals surface area (Å²) in [7, 11) is 0. The molecule has 0 saturated heterocycles. The molecule has 0 aliphatic carbocycles. The van der Waals surface area contributed by atoms with Gasteiger partial charge in [0.2, 0.25) is 0 Å². The van der Waals surface area contributed by atoms with Gasteiger partial charge in [0.1, 0.15) is 11.8 Å². The second kappa shape index (κ2) is 5.18. The molecule has 84 valence electrons. The van der Waals surface area contributed by atoms with Crippen molar-refractivity contribution in [1.29, 1.82) is 5.26 Å². The minimum Gasteiger partial charge on any atom is -0.475 e. The largest absolute Gasteiger partial charge is 0.475 e. The molecule has 0 fully saturated rings. The summed E-state index contributed by atoms with van der Waals surface area (Å²) in [6, 6.07) is 19.8. The maximum absolute atomic E-state index is 8.78. The molecule has 0 spiro atoms. The van der Waals surface area contributed by atoms with Gasteiger partial charge in [-0.15, -0.1) is 0 Å². The summed E-state index contributed by atoms with van der Waals surface area (Å²) >= 11 is 0. The molecule has 0 aromatic heterocycles. The quantitative estimate of drug-likeness (QED) is 0.795. The first kappa shape index (κ1) is 11.2. The van der Waals surface area contributed by atoms with Crippen LogP contribution in [0.15, 0.2) is 54.6 Å². The van der Waals surface area contributed by atoms with E-state index in [1.807, 2.05) is 54.6 Å². The first-order valence-electron chi connectivity index (χ1n) is 5.52. The van der Waals surface area contributed by atoms with Crippen molar-refractivity contribution >= 4 is 0 Å². The van der Waals surface area contributed by atoms with Crippen molar-refractivity contribution in [2.75, 3.05) is 0 Å². The molecule has 0 radical (unpaired) electrons. The van der Waals surface area contributed by atoms with E-state index in [-0.39, 0.29) is 0 Å². The van der Waals surface area contributed by atoms with Crippen LogP contribution >= 0.6 is 0 Å². The minimum absolute atomic E-state index is 0.445. The molecular formula is C15H13NO. The molecule has 2 rings (SSSR count). The lowest BCUT2D eigenvalue weighted by molar-refractivity contribution is 0.277. The summed E-state index contributed by atoms with van der Waals surface area (Å²) in [5, 5.41) is 8.78. The van der Waals surface area contributed by atoms with Gasteiger partial charge in [0.15, 0.2) is 6.10 Å². The van der Waals surface area contributed by atoms with Gasteiger partial charge in [-0.2, -0.15) is 5.26 Å². The Morgan fingerprint density at radius 3 is 2.35 bits per heavy atom. The van der Waals surface area contributed by atoms with E-state index in [1.54, 1.807) is 6.92 Å². The van der Waals surface area contributed by atoms with Crippen LogP contribution in [-0.4, -0.2) is 6.10 Å². The van der Waals surface area contributed by atoms with Gasteiger partial charge in [-0.25, -0.2) is 0 Å². The summed E-state index contributed by atoms with van der Waals surface area (Å²) in [5.74, 6) is 0.743. The van der Waals surface area contributed by atoms with E-state index in [2.05, 4.69) is 6.07 Å². The fourth-order valence-corrected chi connectivity index (χ4v) is 1.64. The number of hydrogen-bond acceptors (Lipinski definition) is 2. The molecule has 2 nitrogen and oxygen atoms in total. The Bertz CT molecular complexity index is 528. The number of rotatable bonds is 3. The van der Waals surface area contributed by atoms with Crippen LogP contribution in [0.5, 0.6) is 5.75 Å². The first-order chi connectivity index (χ1) is 8.31. The van der Waals surface area contributed by atoms with E-state index in [1.165, 1.54) is 0 Å². The molecule has 2 heteroatoms. The highest BCUT2D eigenvalue weighted by atomic mass is 16.5. The van der Waals surface area contributed by atoms with Crippen molar-refractivity contribution in [1.82, 2.24) is 0 Å². The molecule has 0 bridgehead atoms. The highest BCUT2D eigenvalue weighted by Gasteiger charge is 2.08. The zero-order chi connectivity index (χ0) is 12.1. The summed E-state index contributed by atoms with van der Waals surface area (Å²) in [5.41, 5.74) is 2.10. The minimum atomic E-state index is -0.445. The summed E-state index contributed by atoms with van der Waals surface area (Å²) in [6.07, 6.45) is -0.445. The van der Waals surface area contributed by atoms with Crippen LogP contribution in [0.4, 0.5) is 0 Å². The summed E-state index contributed by atoms with van der Waals surface area (Å²) in [6.45, 7) is 1.74. The lowest BCUT2D eigenvalue weighted by Gasteiger charge is -2.12. The Hall–Kier alpha value is -2.27. The van der Waals surface area contributed by atoms with Gasteiger partial charge in [0, 0.05) is 5.56 Å². The highest BCUT2D eigenvalue weighted by Crippen LogP contribution is 2.29. The maximum Gasteiger partial charge on any atom is 0.181 e. The van der Waals surface area contributed by atoms with Crippen LogP contribution in [0.3, 0.4) is 0 Å². The van der Waals surface area contributed by atoms with Gasteiger partial charge in [-0.3, -0.25) is 0 Å². The molecule has 17 heavy (non-hydrogen) atoms. The fraction of sp³-hybridized carbons (Fsp3) is 0.133. The second-order valence-electron chi connectivity index (χ2n) is 3.75. The fourth-order valence-electron chi connectivity index (χ4n) is 1.64. The molecule has 0 aliphatic heterocycles. The van der Waals surface area contributed by atoms with Crippen molar-refractivity contribution < 1.29 is 4.74 Å². The Kier molecular flexibility index (Phi) is 3.42. The molecule has 0 amide bonds. The third kappa shape index (κ3) is 2.64. The number of benzene rings is 2. The number of hydrogen-bond donors (Lipinski definition) is 0. The molecule has 2 aromatic rings. The third-order valence-corrected chi connectivity index (χ3v) is 2.46. The van der Waals surface area contributed by atoms with E-state index in [0.717, 1.165) is 16.9 Å². The molecule has 0 aliphatic rings. The Balaban J connectivity index is 2.38. The van der Waals surface area contributed by atoms with Gasteiger partial charge in [-0.05, 0) is 18.6 Å². The number of nitrogens with zero attached hydrogens (tertiary/aromatic N) is 1. The van der Waals surface area contributed by atoms with Crippen molar-refractivity contribution in [3.63, 3.8) is 0 Å². The smallest absolute Gasteiger partial charge is 0.181 e. The predicted molar refractivity (Wildman–Crippen MR) is 67.6 cm³/mol. The van der Waals surface area contributed by atoms with Crippen molar-refractivity contribution in [3.05, 3.63) is 54.6 Å². The average Bonchev–Trinajstić information content (AvgIpc) is 2.40. The van der Waals surface area contributed by atoms with Crippen molar-refractivity contribution in [2.45, 2.75) is 13.0 Å². The predicted octanol–water partition coefficient (Wildman–Crippen LogP) is 3.64. The van der Waals surface area contributed by atoms with Crippen LogP contribution < -0.4 is 4.74 Å². The Morgan fingerprint density at radius 2 is 1.65 bits per heavy atom. The van der Waals surface area contributed by atoms with E-state index in [9.17, 15) is 0 Å². The van der Waals surface area contributed by atoms with Gasteiger partial charge in [-0.1, -0.05) is 48.5 Å². The average molecular weight is 223 g/mol. The van der Waals surface area contributed by atoms with Gasteiger partial charge in [0.05, 0.1) is 0 Å². The van der Waals surface area contributed by atoms with E-state index >= 15 is 0 Å². The first-order valence-corrected chi connectivity index (χ1v) is 5.52. The molecule has 1 atom stereocenters. The SMILES string of the molecule is C[C@@H](C#N)Oc1ccccc1-c1ccccc1. The van der Waals surface area contributed by atoms with E-state index in [4.69, 9.17) is 10.00 Å². The van der Waals surface area contributed by atoms with Crippen LogP contribution in [0.2, 0.25) is 0 Å². The zero-order valence-electron chi connectivity index (χ0n) is 9.63.